The molecule has 0 bridgehead atoms. The molecule has 0 unspecified atom stereocenters. The van der Waals surface area contributed by atoms with Crippen LogP contribution in [0.3, 0.4) is 0 Å². The van der Waals surface area contributed by atoms with Crippen molar-refractivity contribution in [2.45, 2.75) is 13.8 Å². The molecule has 1 aliphatic heterocycles. The van der Waals surface area contributed by atoms with Crippen LogP contribution in [0, 0.1) is 13.8 Å². The Morgan fingerprint density at radius 1 is 0.900 bits per heavy atom. The van der Waals surface area contributed by atoms with Crippen LogP contribution in [0.2, 0.25) is 0 Å². The summed E-state index contributed by atoms with van der Waals surface area (Å²) in [5.41, 5.74) is 4.18. The molecule has 1 saturated heterocycles. The fourth-order valence-corrected chi connectivity index (χ4v) is 3.90. The largest absolute Gasteiger partial charge is 0.378 e. The van der Waals surface area contributed by atoms with E-state index >= 15 is 0 Å². The first-order valence-corrected chi connectivity index (χ1v) is 10.2. The number of hydrogen-bond donors (Lipinski definition) is 1. The van der Waals surface area contributed by atoms with Crippen LogP contribution >= 0.6 is 0 Å². The highest BCUT2D eigenvalue weighted by Crippen LogP contribution is 2.28. The summed E-state index contributed by atoms with van der Waals surface area (Å²) in [6.07, 6.45) is 0. The van der Waals surface area contributed by atoms with Gasteiger partial charge in [0, 0.05) is 40.9 Å². The molecular formula is C23H24N6O. The Hall–Kier alpha value is -3.45. The van der Waals surface area contributed by atoms with Crippen molar-refractivity contribution >= 4 is 28.0 Å². The SMILES string of the molecule is Cc1cc(C)n(-c2nnc(Nc3ccc(N4CCOCC4)cc3)c3ccccc23)n1. The van der Waals surface area contributed by atoms with Gasteiger partial charge in [-0.25, -0.2) is 4.68 Å². The predicted molar refractivity (Wildman–Crippen MR) is 119 cm³/mol. The summed E-state index contributed by atoms with van der Waals surface area (Å²) in [4.78, 5) is 2.34. The van der Waals surface area contributed by atoms with Gasteiger partial charge < -0.3 is 15.0 Å². The van der Waals surface area contributed by atoms with Gasteiger partial charge in [0.25, 0.3) is 0 Å². The molecule has 0 saturated carbocycles. The van der Waals surface area contributed by atoms with Crippen molar-refractivity contribution < 1.29 is 4.74 Å². The number of aryl methyl sites for hydroxylation is 2. The number of ether oxygens (including phenoxy) is 1. The molecule has 0 aliphatic carbocycles. The Bertz CT molecular complexity index is 1180. The number of aromatic nitrogens is 4. The molecule has 1 aliphatic rings. The van der Waals surface area contributed by atoms with Crippen LogP contribution in [0.25, 0.3) is 16.6 Å². The van der Waals surface area contributed by atoms with Gasteiger partial charge in [-0.05, 0) is 44.2 Å². The number of benzene rings is 2. The average Bonchev–Trinajstić information content (AvgIpc) is 3.13. The number of morpholine rings is 1. The Balaban J connectivity index is 1.47. The molecule has 1 N–H and O–H groups in total. The molecular weight excluding hydrogens is 376 g/mol. The smallest absolute Gasteiger partial charge is 0.183 e. The van der Waals surface area contributed by atoms with Crippen molar-refractivity contribution in [3.63, 3.8) is 0 Å². The monoisotopic (exact) mass is 400 g/mol. The van der Waals surface area contributed by atoms with Crippen LogP contribution in [0.15, 0.2) is 54.6 Å². The zero-order chi connectivity index (χ0) is 20.5. The van der Waals surface area contributed by atoms with Gasteiger partial charge in [0.15, 0.2) is 11.6 Å². The van der Waals surface area contributed by atoms with Crippen LogP contribution < -0.4 is 10.2 Å². The van der Waals surface area contributed by atoms with Crippen LogP contribution in [0.5, 0.6) is 0 Å². The minimum absolute atomic E-state index is 0.731. The highest BCUT2D eigenvalue weighted by atomic mass is 16.5. The topological polar surface area (TPSA) is 68.1 Å². The maximum absolute atomic E-state index is 5.44. The Kier molecular flexibility index (Phi) is 4.80. The number of anilines is 3. The van der Waals surface area contributed by atoms with Gasteiger partial charge in [0.05, 0.1) is 18.9 Å². The van der Waals surface area contributed by atoms with E-state index in [2.05, 4.69) is 61.9 Å². The van der Waals surface area contributed by atoms with Gasteiger partial charge in [-0.2, -0.15) is 5.10 Å². The second-order valence-corrected chi connectivity index (χ2v) is 7.53. The van der Waals surface area contributed by atoms with E-state index < -0.39 is 0 Å². The third-order valence-corrected chi connectivity index (χ3v) is 5.38. The van der Waals surface area contributed by atoms with Crippen molar-refractivity contribution in [1.29, 1.82) is 0 Å². The van der Waals surface area contributed by atoms with Crippen molar-refractivity contribution in [2.75, 3.05) is 36.5 Å². The fourth-order valence-electron chi connectivity index (χ4n) is 3.90. The van der Waals surface area contributed by atoms with E-state index in [1.807, 2.05) is 36.7 Å². The van der Waals surface area contributed by atoms with Crippen LogP contribution in [0.1, 0.15) is 11.4 Å². The zero-order valence-electron chi connectivity index (χ0n) is 17.2. The lowest BCUT2D eigenvalue weighted by molar-refractivity contribution is 0.122. The number of rotatable bonds is 4. The van der Waals surface area contributed by atoms with Gasteiger partial charge in [-0.1, -0.05) is 24.3 Å². The molecule has 2 aromatic heterocycles. The van der Waals surface area contributed by atoms with Crippen molar-refractivity contribution in [2.24, 2.45) is 0 Å². The summed E-state index contributed by atoms with van der Waals surface area (Å²) >= 11 is 0. The lowest BCUT2D eigenvalue weighted by Gasteiger charge is -2.28. The van der Waals surface area contributed by atoms with Gasteiger partial charge in [0.1, 0.15) is 0 Å². The maximum atomic E-state index is 5.44. The summed E-state index contributed by atoms with van der Waals surface area (Å²) < 4.78 is 7.29. The predicted octanol–water partition coefficient (Wildman–Crippen LogP) is 4.01. The third kappa shape index (κ3) is 3.48. The Morgan fingerprint density at radius 3 is 2.33 bits per heavy atom. The zero-order valence-corrected chi connectivity index (χ0v) is 17.2. The molecule has 2 aromatic carbocycles. The molecule has 4 aromatic rings. The number of hydrogen-bond acceptors (Lipinski definition) is 6. The first-order chi connectivity index (χ1) is 14.7. The number of nitrogens with zero attached hydrogens (tertiary/aromatic N) is 5. The van der Waals surface area contributed by atoms with E-state index in [1.165, 1.54) is 5.69 Å². The molecule has 30 heavy (non-hydrogen) atoms. The molecule has 1 fully saturated rings. The summed E-state index contributed by atoms with van der Waals surface area (Å²) in [5, 5.41) is 19.0. The van der Waals surface area contributed by atoms with E-state index in [9.17, 15) is 0 Å². The second-order valence-electron chi connectivity index (χ2n) is 7.53. The van der Waals surface area contributed by atoms with Crippen molar-refractivity contribution in [3.05, 3.63) is 66.0 Å². The Morgan fingerprint density at radius 2 is 1.63 bits per heavy atom. The maximum Gasteiger partial charge on any atom is 0.183 e. The molecule has 3 heterocycles. The minimum atomic E-state index is 0.731. The minimum Gasteiger partial charge on any atom is -0.378 e. The lowest BCUT2D eigenvalue weighted by Crippen LogP contribution is -2.36. The fraction of sp³-hybridized carbons (Fsp3) is 0.261. The molecule has 5 rings (SSSR count). The molecule has 0 spiro atoms. The molecule has 152 valence electrons. The standard InChI is InChI=1S/C23H24N6O/c1-16-15-17(2)29(27-16)23-21-6-4-3-5-20(21)22(25-26-23)24-18-7-9-19(10-8-18)28-11-13-30-14-12-28/h3-10,15H,11-14H2,1-2H3,(H,24,25). The molecule has 7 heteroatoms. The average molecular weight is 400 g/mol. The molecule has 0 radical (unpaired) electrons. The first kappa shape index (κ1) is 18.6. The summed E-state index contributed by atoms with van der Waals surface area (Å²) in [6, 6.07) is 18.6. The van der Waals surface area contributed by atoms with Crippen molar-refractivity contribution in [3.8, 4) is 5.82 Å². The summed E-state index contributed by atoms with van der Waals surface area (Å²) in [6.45, 7) is 7.42. The Labute approximate surface area is 175 Å². The van der Waals surface area contributed by atoms with E-state index in [1.54, 1.807) is 0 Å². The quantitative estimate of drug-likeness (QED) is 0.558. The van der Waals surface area contributed by atoms with E-state index in [-0.39, 0.29) is 0 Å². The van der Waals surface area contributed by atoms with E-state index in [4.69, 9.17) is 4.74 Å². The lowest BCUT2D eigenvalue weighted by atomic mass is 10.1. The van der Waals surface area contributed by atoms with Gasteiger partial charge >= 0.3 is 0 Å². The van der Waals surface area contributed by atoms with E-state index in [0.29, 0.717) is 0 Å². The second kappa shape index (κ2) is 7.76. The normalized spacial score (nSPS) is 14.3. The third-order valence-electron chi connectivity index (χ3n) is 5.38. The van der Waals surface area contributed by atoms with Gasteiger partial charge in [-0.3, -0.25) is 0 Å². The van der Waals surface area contributed by atoms with Gasteiger partial charge in [0.2, 0.25) is 0 Å². The highest BCUT2D eigenvalue weighted by Gasteiger charge is 2.14. The van der Waals surface area contributed by atoms with E-state index in [0.717, 1.165) is 65.8 Å². The van der Waals surface area contributed by atoms with Gasteiger partial charge in [-0.15, -0.1) is 10.2 Å². The highest BCUT2D eigenvalue weighted by molar-refractivity contribution is 5.97. The van der Waals surface area contributed by atoms with Crippen molar-refractivity contribution in [1.82, 2.24) is 20.0 Å². The van der Waals surface area contributed by atoms with Crippen LogP contribution in [-0.2, 0) is 4.74 Å². The number of nitrogens with one attached hydrogen (secondary N) is 1. The van der Waals surface area contributed by atoms with Crippen LogP contribution in [-0.4, -0.2) is 46.3 Å². The summed E-state index contributed by atoms with van der Waals surface area (Å²) in [7, 11) is 0. The summed E-state index contributed by atoms with van der Waals surface area (Å²) in [5.74, 6) is 1.47. The molecule has 0 amide bonds. The molecule has 0 atom stereocenters. The first-order valence-electron chi connectivity index (χ1n) is 10.2. The molecule has 7 nitrogen and oxygen atoms in total. The number of fused-ring (bicyclic) bond motifs is 1. The van der Waals surface area contributed by atoms with Crippen LogP contribution in [0.4, 0.5) is 17.2 Å².